The molecule has 1 unspecified atom stereocenters. The van der Waals surface area contributed by atoms with Crippen LogP contribution in [0, 0.1) is 0 Å². The highest BCUT2D eigenvalue weighted by molar-refractivity contribution is 7.47. The van der Waals surface area contributed by atoms with E-state index in [1.54, 1.807) is 0 Å². The van der Waals surface area contributed by atoms with Crippen molar-refractivity contribution in [2.75, 3.05) is 19.8 Å². The summed E-state index contributed by atoms with van der Waals surface area (Å²) >= 11 is 0. The number of hydrogen-bond acceptors (Lipinski definition) is 6. The van der Waals surface area contributed by atoms with Crippen molar-refractivity contribution < 1.29 is 28.4 Å². The Labute approximate surface area is 233 Å². The third kappa shape index (κ3) is 24.5. The topological polar surface area (TPSA) is 131 Å². The van der Waals surface area contributed by atoms with Crippen LogP contribution in [0.3, 0.4) is 0 Å². The normalized spacial score (nSPS) is 14.8. The highest BCUT2D eigenvalue weighted by atomic mass is 31.2. The largest absolute Gasteiger partial charge is 0.472 e. The molecular weight excluding hydrogens is 503 g/mol. The van der Waals surface area contributed by atoms with Crippen molar-refractivity contribution in [3.8, 4) is 0 Å². The van der Waals surface area contributed by atoms with Gasteiger partial charge in [-0.3, -0.25) is 13.8 Å². The van der Waals surface area contributed by atoms with Gasteiger partial charge in [-0.05, 0) is 12.8 Å². The fraction of sp³-hybridized carbons (Fsp3) is 0.966. The van der Waals surface area contributed by atoms with Gasteiger partial charge in [0.2, 0.25) is 5.91 Å². The van der Waals surface area contributed by atoms with Crippen molar-refractivity contribution in [1.29, 1.82) is 0 Å². The lowest BCUT2D eigenvalue weighted by Crippen LogP contribution is -2.46. The van der Waals surface area contributed by atoms with Gasteiger partial charge in [-0.15, -0.1) is 0 Å². The van der Waals surface area contributed by atoms with E-state index in [0.717, 1.165) is 38.5 Å². The van der Waals surface area contributed by atoms with Gasteiger partial charge >= 0.3 is 7.82 Å². The second-order valence-electron chi connectivity index (χ2n) is 10.7. The number of unbranched alkanes of at least 4 members (excludes halogenated alkanes) is 17. The summed E-state index contributed by atoms with van der Waals surface area (Å²) in [7, 11) is -4.29. The van der Waals surface area contributed by atoms with Gasteiger partial charge in [0.25, 0.3) is 0 Å². The molecule has 38 heavy (non-hydrogen) atoms. The van der Waals surface area contributed by atoms with E-state index in [2.05, 4.69) is 19.2 Å². The van der Waals surface area contributed by atoms with Gasteiger partial charge in [0.15, 0.2) is 0 Å². The second-order valence-corrected chi connectivity index (χ2v) is 12.1. The molecule has 8 nitrogen and oxygen atoms in total. The zero-order chi connectivity index (χ0) is 28.3. The van der Waals surface area contributed by atoms with Crippen LogP contribution in [0.2, 0.25) is 0 Å². The highest BCUT2D eigenvalue weighted by Crippen LogP contribution is 2.43. The van der Waals surface area contributed by atoms with E-state index in [-0.39, 0.29) is 25.7 Å². The Morgan fingerprint density at radius 3 is 1.68 bits per heavy atom. The van der Waals surface area contributed by atoms with Crippen LogP contribution in [-0.2, 0) is 18.4 Å². The molecule has 0 bridgehead atoms. The number of phosphoric acid groups is 1. The Balaban J connectivity index is 4.36. The van der Waals surface area contributed by atoms with Gasteiger partial charge < -0.3 is 21.1 Å². The molecular formula is C29H61N2O6P. The Morgan fingerprint density at radius 1 is 0.763 bits per heavy atom. The number of aliphatic hydroxyl groups is 1. The lowest BCUT2D eigenvalue weighted by molar-refractivity contribution is -0.123. The first kappa shape index (κ1) is 37.5. The molecule has 1 amide bonds. The van der Waals surface area contributed by atoms with E-state index < -0.39 is 20.0 Å². The first-order valence-corrected chi connectivity index (χ1v) is 17.1. The Kier molecular flexibility index (Phi) is 26.4. The molecule has 0 fully saturated rings. The summed E-state index contributed by atoms with van der Waals surface area (Å²) in [5, 5.41) is 13.6. The van der Waals surface area contributed by atoms with Gasteiger partial charge in [0.1, 0.15) is 0 Å². The Hall–Kier alpha value is -0.500. The molecule has 5 N–H and O–H groups in total. The zero-order valence-corrected chi connectivity index (χ0v) is 25.6. The van der Waals surface area contributed by atoms with Crippen LogP contribution < -0.4 is 11.1 Å². The molecule has 0 rings (SSSR count). The summed E-state index contributed by atoms with van der Waals surface area (Å²) < 4.78 is 21.9. The van der Waals surface area contributed by atoms with Gasteiger partial charge in [-0.2, -0.15) is 0 Å². The highest BCUT2D eigenvalue weighted by Gasteiger charge is 2.27. The molecule has 0 heterocycles. The maximum Gasteiger partial charge on any atom is 0.472 e. The number of hydrogen-bond donors (Lipinski definition) is 4. The second kappa shape index (κ2) is 26.7. The summed E-state index contributed by atoms with van der Waals surface area (Å²) in [6, 6.07) is -0.762. The minimum atomic E-state index is -4.29. The van der Waals surface area contributed by atoms with Crippen molar-refractivity contribution in [1.82, 2.24) is 5.32 Å². The molecule has 0 aliphatic carbocycles. The van der Waals surface area contributed by atoms with E-state index in [1.165, 1.54) is 83.5 Å². The molecule has 0 spiro atoms. The van der Waals surface area contributed by atoms with E-state index in [1.807, 2.05) is 0 Å². The summed E-state index contributed by atoms with van der Waals surface area (Å²) in [4.78, 5) is 22.4. The van der Waals surface area contributed by atoms with Crippen LogP contribution in [0.15, 0.2) is 0 Å². The maximum atomic E-state index is 12.6. The number of nitrogens with one attached hydrogen (secondary N) is 1. The van der Waals surface area contributed by atoms with Gasteiger partial charge in [-0.25, -0.2) is 4.57 Å². The molecule has 3 atom stereocenters. The summed E-state index contributed by atoms with van der Waals surface area (Å²) in [6.07, 6.45) is 22.5. The van der Waals surface area contributed by atoms with Crippen LogP contribution in [0.5, 0.6) is 0 Å². The zero-order valence-electron chi connectivity index (χ0n) is 24.7. The number of phosphoric ester groups is 1. The molecule has 0 aromatic rings. The van der Waals surface area contributed by atoms with Gasteiger partial charge in [0, 0.05) is 13.0 Å². The average molecular weight is 565 g/mol. The van der Waals surface area contributed by atoms with Crippen LogP contribution in [0.4, 0.5) is 0 Å². The summed E-state index contributed by atoms with van der Waals surface area (Å²) in [5.41, 5.74) is 5.33. The van der Waals surface area contributed by atoms with Crippen molar-refractivity contribution >= 4 is 13.7 Å². The molecule has 0 radical (unpaired) electrons. The number of rotatable bonds is 29. The molecule has 0 aliphatic heterocycles. The van der Waals surface area contributed by atoms with Crippen LogP contribution >= 0.6 is 7.82 Å². The predicted molar refractivity (Wildman–Crippen MR) is 157 cm³/mol. The third-order valence-corrected chi connectivity index (χ3v) is 7.95. The number of nitrogens with two attached hydrogens (primary N) is 1. The summed E-state index contributed by atoms with van der Waals surface area (Å²) in [5.74, 6) is -0.167. The number of amides is 1. The minimum Gasteiger partial charge on any atom is -0.391 e. The van der Waals surface area contributed by atoms with E-state index >= 15 is 0 Å². The van der Waals surface area contributed by atoms with Crippen LogP contribution in [0.25, 0.3) is 0 Å². The molecule has 9 heteroatoms. The van der Waals surface area contributed by atoms with Crippen molar-refractivity contribution in [2.24, 2.45) is 5.73 Å². The van der Waals surface area contributed by atoms with E-state index in [4.69, 9.17) is 14.8 Å². The smallest absolute Gasteiger partial charge is 0.391 e. The minimum absolute atomic E-state index is 0.0914. The van der Waals surface area contributed by atoms with Crippen LogP contribution in [0.1, 0.15) is 149 Å². The average Bonchev–Trinajstić information content (AvgIpc) is 2.89. The van der Waals surface area contributed by atoms with Gasteiger partial charge in [0.05, 0.1) is 25.4 Å². The molecule has 0 aromatic carbocycles. The molecule has 0 aromatic heterocycles. The fourth-order valence-corrected chi connectivity index (χ4v) is 5.31. The summed E-state index contributed by atoms with van der Waals surface area (Å²) in [6.45, 7) is 4.14. The maximum absolute atomic E-state index is 12.6. The monoisotopic (exact) mass is 564 g/mol. The number of carbonyl (C=O) groups is 1. The third-order valence-electron chi connectivity index (χ3n) is 6.96. The predicted octanol–water partition coefficient (Wildman–Crippen LogP) is 7.16. The molecule has 0 aliphatic rings. The van der Waals surface area contributed by atoms with Crippen LogP contribution in [-0.4, -0.2) is 47.8 Å². The standard InChI is InChI=1S/C29H61N2O6P/c1-3-5-7-9-11-13-15-17-19-21-23-29(33)31-27(26-37-38(34,35)36-25-24-30)28(32)22-20-18-16-14-12-10-8-6-4-2/h27-28,32H,3-26,30H2,1-2H3,(H,31,33)(H,34,35)/t27-,28+/m0/s1. The van der Waals surface area contributed by atoms with Crippen molar-refractivity contribution in [3.05, 3.63) is 0 Å². The van der Waals surface area contributed by atoms with Crippen molar-refractivity contribution in [3.63, 3.8) is 0 Å². The van der Waals surface area contributed by atoms with E-state index in [0.29, 0.717) is 12.8 Å². The molecule has 0 saturated carbocycles. The Morgan fingerprint density at radius 2 is 1.21 bits per heavy atom. The first-order chi connectivity index (χ1) is 18.4. The van der Waals surface area contributed by atoms with Gasteiger partial charge in [-0.1, -0.05) is 129 Å². The quantitative estimate of drug-likeness (QED) is 0.0560. The fourth-order valence-electron chi connectivity index (χ4n) is 4.55. The van der Waals surface area contributed by atoms with E-state index in [9.17, 15) is 19.4 Å². The lowest BCUT2D eigenvalue weighted by Gasteiger charge is -2.25. The SMILES string of the molecule is CCCCCCCCCCCCC(=O)N[C@@H](COP(=O)(O)OCCN)[C@H](O)CCCCCCCCCCC. The first-order valence-electron chi connectivity index (χ1n) is 15.7. The number of aliphatic hydroxyl groups excluding tert-OH is 1. The number of carbonyl (C=O) groups excluding carboxylic acids is 1. The van der Waals surface area contributed by atoms with Crippen molar-refractivity contribution in [2.45, 2.75) is 161 Å². The molecule has 0 saturated heterocycles. The lowest BCUT2D eigenvalue weighted by atomic mass is 10.0. The Bertz CT molecular complexity index is 581. The molecule has 228 valence electrons.